The lowest BCUT2D eigenvalue weighted by atomic mass is 9.99. The van der Waals surface area contributed by atoms with Crippen LogP contribution in [0.2, 0.25) is 0 Å². The van der Waals surface area contributed by atoms with Crippen molar-refractivity contribution >= 4 is 91.6 Å². The lowest BCUT2D eigenvalue weighted by Gasteiger charge is -2.24. The van der Waals surface area contributed by atoms with Crippen LogP contribution in [0.3, 0.4) is 0 Å². The molecule has 0 radical (unpaired) electrons. The molecule has 9 heteroatoms. The van der Waals surface area contributed by atoms with Gasteiger partial charge in [0, 0.05) is 46.5 Å². The van der Waals surface area contributed by atoms with Gasteiger partial charge >= 0.3 is 0 Å². The third-order valence-electron chi connectivity index (χ3n) is 10.0. The summed E-state index contributed by atoms with van der Waals surface area (Å²) >= 11 is 24.8. The number of thiocarbonyl (C=S) groups is 4. The van der Waals surface area contributed by atoms with Crippen LogP contribution < -0.4 is 0 Å². The molecule has 2 atom stereocenters. The topological polar surface area (TPSA) is 32.3 Å². The molecular weight excluding hydrogens is 721 g/mol. The Morgan fingerprint density at radius 1 is 0.569 bits per heavy atom. The van der Waals surface area contributed by atoms with Crippen LogP contribution in [0.25, 0.3) is 11.0 Å². The summed E-state index contributed by atoms with van der Waals surface area (Å²) in [6.45, 7) is 10.7. The van der Waals surface area contributed by atoms with Crippen LogP contribution in [0.15, 0.2) is 48.5 Å². The second kappa shape index (κ2) is 16.9. The van der Waals surface area contributed by atoms with Crippen LogP contribution in [-0.2, 0) is 0 Å². The Hall–Kier alpha value is -3.44. The smallest absolute Gasteiger partial charge is 0.121 e. The highest BCUT2D eigenvalue weighted by Gasteiger charge is 2.32. The molecule has 3 heterocycles. The van der Waals surface area contributed by atoms with Gasteiger partial charge in [0.2, 0.25) is 0 Å². The van der Waals surface area contributed by atoms with E-state index in [0.29, 0.717) is 11.8 Å². The quantitative estimate of drug-likeness (QED) is 0.104. The molecule has 4 nitrogen and oxygen atoms in total. The van der Waals surface area contributed by atoms with Crippen LogP contribution in [0.4, 0.5) is 0 Å². The van der Waals surface area contributed by atoms with Gasteiger partial charge in [0.25, 0.3) is 0 Å². The number of aromatic nitrogens is 2. The Labute approximate surface area is 328 Å². The fourth-order valence-corrected chi connectivity index (χ4v) is 8.81. The lowest BCUT2D eigenvalue weighted by molar-refractivity contribution is 0.391. The number of rotatable bonds is 12. The first-order chi connectivity index (χ1) is 24.8. The van der Waals surface area contributed by atoms with Crippen molar-refractivity contribution in [2.75, 3.05) is 13.1 Å². The first-order valence-corrected chi connectivity index (χ1v) is 20.4. The Bertz CT molecular complexity index is 1990. The summed E-state index contributed by atoms with van der Waals surface area (Å²) in [5.74, 6) is 14.5. The zero-order chi connectivity index (χ0) is 36.1. The predicted molar refractivity (Wildman–Crippen MR) is 229 cm³/mol. The highest BCUT2D eigenvalue weighted by molar-refractivity contribution is 7.83. The summed E-state index contributed by atoms with van der Waals surface area (Å²) in [4.78, 5) is 7.57. The van der Waals surface area contributed by atoms with E-state index in [1.165, 1.54) is 50.3 Å². The van der Waals surface area contributed by atoms with E-state index >= 15 is 0 Å². The van der Waals surface area contributed by atoms with Gasteiger partial charge in [-0.1, -0.05) is 151 Å². The molecule has 0 aliphatic carbocycles. The SMILES string of the molecule is CCCCC(CC)CN1C(=S)c2ccc(C#Cc3ccc(C#Cc4ccc5c(c4)C(=S)N(CC(CC)CCCC)C5=S)c4nsnc34)cc2C1=S. The summed E-state index contributed by atoms with van der Waals surface area (Å²) in [5.41, 5.74) is 8.95. The molecule has 0 fully saturated rings. The van der Waals surface area contributed by atoms with E-state index in [1.54, 1.807) is 0 Å². The Kier molecular flexibility index (Phi) is 12.4. The standard InChI is InChI=1S/C42H42N4S5/c1-5-9-11-27(7-3)25-45-39(47)33-21-15-29(23-35(33)41(45)49)13-17-31-19-20-32(38-37(31)43-51-44-38)18-14-30-16-22-34-36(24-30)42(50)46(40(34)48)26-28(8-4)12-10-6-2/h15-16,19-24,27-28H,5-12,25-26H2,1-4H3. The van der Waals surface area contributed by atoms with Gasteiger partial charge in [-0.05, 0) is 61.1 Å². The molecule has 0 saturated carbocycles. The van der Waals surface area contributed by atoms with Gasteiger partial charge in [-0.2, -0.15) is 8.75 Å². The van der Waals surface area contributed by atoms with Crippen LogP contribution >= 0.6 is 60.6 Å². The van der Waals surface area contributed by atoms with Gasteiger partial charge in [0.1, 0.15) is 31.0 Å². The van der Waals surface area contributed by atoms with Gasteiger partial charge in [0.15, 0.2) is 0 Å². The molecule has 2 aliphatic rings. The monoisotopic (exact) mass is 762 g/mol. The molecule has 3 aromatic carbocycles. The Morgan fingerprint density at radius 3 is 1.37 bits per heavy atom. The third-order valence-corrected chi connectivity index (χ3v) is 12.3. The largest absolute Gasteiger partial charge is 0.322 e. The maximum absolute atomic E-state index is 5.93. The van der Waals surface area contributed by atoms with Crippen molar-refractivity contribution in [1.29, 1.82) is 0 Å². The van der Waals surface area contributed by atoms with Crippen molar-refractivity contribution in [2.24, 2.45) is 11.8 Å². The van der Waals surface area contributed by atoms with E-state index in [2.05, 4.69) is 94.2 Å². The predicted octanol–water partition coefficient (Wildman–Crippen LogP) is 10.3. The van der Waals surface area contributed by atoms with Gasteiger partial charge in [0.05, 0.1) is 22.9 Å². The maximum atomic E-state index is 5.93. The zero-order valence-corrected chi connectivity index (χ0v) is 33.8. The van der Waals surface area contributed by atoms with E-state index in [-0.39, 0.29) is 0 Å². The van der Waals surface area contributed by atoms with Gasteiger partial charge in [-0.3, -0.25) is 0 Å². The van der Waals surface area contributed by atoms with E-state index in [1.807, 2.05) is 24.3 Å². The average Bonchev–Trinajstić information content (AvgIpc) is 3.80. The summed E-state index contributed by atoms with van der Waals surface area (Å²) in [6, 6.07) is 16.3. The lowest BCUT2D eigenvalue weighted by Crippen LogP contribution is -2.33. The molecule has 0 spiro atoms. The molecule has 0 saturated heterocycles. The number of hydrogen-bond acceptors (Lipinski definition) is 7. The Balaban J connectivity index is 1.19. The fourth-order valence-electron chi connectivity index (χ4n) is 6.77. The number of benzene rings is 3. The summed E-state index contributed by atoms with van der Waals surface area (Å²) < 4.78 is 9.19. The first kappa shape index (κ1) is 37.3. The molecule has 0 N–H and O–H groups in total. The molecular formula is C42H42N4S5. The van der Waals surface area contributed by atoms with Crippen LogP contribution in [0.1, 0.15) is 124 Å². The zero-order valence-electron chi connectivity index (χ0n) is 29.7. The summed E-state index contributed by atoms with van der Waals surface area (Å²) in [6.07, 6.45) is 9.49. The van der Waals surface area contributed by atoms with E-state index < -0.39 is 0 Å². The molecule has 0 bridgehead atoms. The third kappa shape index (κ3) is 7.99. The van der Waals surface area contributed by atoms with Gasteiger partial charge in [-0.15, -0.1) is 0 Å². The molecule has 51 heavy (non-hydrogen) atoms. The minimum absolute atomic E-state index is 0.575. The van der Waals surface area contributed by atoms with Crippen molar-refractivity contribution in [3.05, 3.63) is 93.0 Å². The maximum Gasteiger partial charge on any atom is 0.121 e. The van der Waals surface area contributed by atoms with E-state index in [9.17, 15) is 0 Å². The highest BCUT2D eigenvalue weighted by atomic mass is 32.1. The van der Waals surface area contributed by atoms with Crippen molar-refractivity contribution in [2.45, 2.75) is 79.1 Å². The molecule has 2 unspecified atom stereocenters. The first-order valence-electron chi connectivity index (χ1n) is 18.1. The fraction of sp³-hybridized carbons (Fsp3) is 0.381. The van der Waals surface area contributed by atoms with Gasteiger partial charge in [-0.25, -0.2) is 0 Å². The summed E-state index contributed by atoms with van der Waals surface area (Å²) in [7, 11) is 0. The second-order valence-electron chi connectivity index (χ2n) is 13.4. The van der Waals surface area contributed by atoms with Gasteiger partial charge < -0.3 is 9.80 Å². The van der Waals surface area contributed by atoms with Crippen molar-refractivity contribution in [1.82, 2.24) is 18.5 Å². The molecule has 0 amide bonds. The van der Waals surface area contributed by atoms with Crippen LogP contribution in [0, 0.1) is 35.5 Å². The van der Waals surface area contributed by atoms with Crippen molar-refractivity contribution in [3.8, 4) is 23.7 Å². The molecule has 1 aromatic heterocycles. The molecule has 6 rings (SSSR count). The number of unbranched alkanes of at least 4 members (excludes halogenated alkanes) is 2. The summed E-state index contributed by atoms with van der Waals surface area (Å²) in [5, 5.41) is 0. The van der Waals surface area contributed by atoms with Crippen LogP contribution in [-0.4, -0.2) is 51.6 Å². The second-order valence-corrected chi connectivity index (χ2v) is 15.5. The molecule has 4 aromatic rings. The van der Waals surface area contributed by atoms with Crippen molar-refractivity contribution < 1.29 is 0 Å². The normalized spacial score (nSPS) is 14.7. The Morgan fingerprint density at radius 2 is 0.980 bits per heavy atom. The molecule has 2 aliphatic heterocycles. The van der Waals surface area contributed by atoms with E-state index in [4.69, 9.17) is 48.9 Å². The molecule has 260 valence electrons. The number of fused-ring (bicyclic) bond motifs is 3. The van der Waals surface area contributed by atoms with Crippen LogP contribution in [0.5, 0.6) is 0 Å². The van der Waals surface area contributed by atoms with Crippen molar-refractivity contribution in [3.63, 3.8) is 0 Å². The highest BCUT2D eigenvalue weighted by Crippen LogP contribution is 2.30. The minimum Gasteiger partial charge on any atom is -0.322 e. The number of hydrogen-bond donors (Lipinski definition) is 0. The number of nitrogens with zero attached hydrogens (tertiary/aromatic N) is 4. The minimum atomic E-state index is 0.575. The average molecular weight is 763 g/mol. The van der Waals surface area contributed by atoms with E-state index in [0.717, 1.165) is 101 Å².